The molecule has 0 radical (unpaired) electrons. The molecule has 0 aliphatic heterocycles. The molecule has 1 N–H and O–H groups in total. The molecule has 0 unspecified atom stereocenters. The highest BCUT2D eigenvalue weighted by Gasteiger charge is 2.18. The third kappa shape index (κ3) is 3.50. The Kier molecular flexibility index (Phi) is 4.19. The van der Waals surface area contributed by atoms with Crippen LogP contribution in [-0.4, -0.2) is 37.1 Å². The van der Waals surface area contributed by atoms with Crippen LogP contribution in [0, 0.1) is 0 Å². The Morgan fingerprint density at radius 2 is 2.29 bits per heavy atom. The Bertz CT molecular complexity index is 557. The molecule has 0 aromatic carbocycles. The monoisotopic (exact) mass is 275 g/mol. The van der Waals surface area contributed by atoms with Gasteiger partial charge in [0.15, 0.2) is 5.69 Å². The highest BCUT2D eigenvalue weighted by molar-refractivity contribution is 7.90. The molecule has 1 amide bonds. The van der Waals surface area contributed by atoms with Gasteiger partial charge in [-0.2, -0.15) is 0 Å². The maximum absolute atomic E-state index is 11.6. The van der Waals surface area contributed by atoms with Crippen LogP contribution in [0.1, 0.15) is 10.5 Å². The SMILES string of the molecule is C=CCNC(=O)c1nc(S(C)(=O)=O)ncc1Cl. The van der Waals surface area contributed by atoms with Gasteiger partial charge in [0.1, 0.15) is 0 Å². The second-order valence-electron chi connectivity index (χ2n) is 3.12. The lowest BCUT2D eigenvalue weighted by Gasteiger charge is -2.04. The van der Waals surface area contributed by atoms with E-state index in [1.807, 2.05) is 0 Å². The van der Waals surface area contributed by atoms with Crippen LogP contribution in [0.4, 0.5) is 0 Å². The van der Waals surface area contributed by atoms with Crippen LogP contribution in [-0.2, 0) is 9.84 Å². The quantitative estimate of drug-likeness (QED) is 0.636. The second kappa shape index (κ2) is 5.24. The molecular formula is C9H10ClN3O3S. The topological polar surface area (TPSA) is 89.0 Å². The zero-order valence-corrected chi connectivity index (χ0v) is 10.5. The van der Waals surface area contributed by atoms with Crippen LogP contribution >= 0.6 is 11.6 Å². The Balaban J connectivity index is 3.15. The largest absolute Gasteiger partial charge is 0.347 e. The van der Waals surface area contributed by atoms with Crippen molar-refractivity contribution in [1.82, 2.24) is 15.3 Å². The molecule has 92 valence electrons. The van der Waals surface area contributed by atoms with Crippen LogP contribution in [0.5, 0.6) is 0 Å². The molecule has 1 aromatic heterocycles. The molecule has 0 atom stereocenters. The first kappa shape index (κ1) is 13.6. The summed E-state index contributed by atoms with van der Waals surface area (Å²) in [5.74, 6) is -0.581. The van der Waals surface area contributed by atoms with Crippen molar-refractivity contribution in [2.24, 2.45) is 0 Å². The van der Waals surface area contributed by atoms with Gasteiger partial charge in [-0.15, -0.1) is 6.58 Å². The van der Waals surface area contributed by atoms with Crippen molar-refractivity contribution in [2.75, 3.05) is 12.8 Å². The second-order valence-corrected chi connectivity index (χ2v) is 5.44. The van der Waals surface area contributed by atoms with E-state index in [9.17, 15) is 13.2 Å². The summed E-state index contributed by atoms with van der Waals surface area (Å²) in [7, 11) is -3.58. The molecule has 0 saturated heterocycles. The predicted octanol–water partition coefficient (Wildman–Crippen LogP) is 0.449. The average molecular weight is 276 g/mol. The van der Waals surface area contributed by atoms with Crippen molar-refractivity contribution >= 4 is 27.3 Å². The van der Waals surface area contributed by atoms with Crippen molar-refractivity contribution in [2.45, 2.75) is 5.16 Å². The summed E-state index contributed by atoms with van der Waals surface area (Å²) in [5, 5.41) is 1.99. The Morgan fingerprint density at radius 3 is 2.82 bits per heavy atom. The molecule has 0 aliphatic rings. The summed E-state index contributed by atoms with van der Waals surface area (Å²) in [5.41, 5.74) is -0.177. The van der Waals surface area contributed by atoms with E-state index in [0.29, 0.717) is 0 Å². The fourth-order valence-electron chi connectivity index (χ4n) is 0.937. The number of sulfone groups is 1. The van der Waals surface area contributed by atoms with Gasteiger partial charge >= 0.3 is 0 Å². The minimum atomic E-state index is -3.58. The number of aromatic nitrogens is 2. The molecule has 0 aliphatic carbocycles. The number of carbonyl (C=O) groups excluding carboxylic acids is 1. The van der Waals surface area contributed by atoms with Gasteiger partial charge in [0, 0.05) is 12.8 Å². The fourth-order valence-corrected chi connectivity index (χ4v) is 1.62. The normalized spacial score (nSPS) is 10.9. The van der Waals surface area contributed by atoms with Gasteiger partial charge in [-0.25, -0.2) is 18.4 Å². The van der Waals surface area contributed by atoms with Gasteiger partial charge in [-0.05, 0) is 0 Å². The van der Waals surface area contributed by atoms with Crippen molar-refractivity contribution in [3.05, 3.63) is 29.6 Å². The standard InChI is InChI=1S/C9H10ClN3O3S/c1-3-4-11-8(14)7-6(10)5-12-9(13-7)17(2,15)16/h3,5H,1,4H2,2H3,(H,11,14). The summed E-state index contributed by atoms with van der Waals surface area (Å²) < 4.78 is 22.4. The number of hydrogen-bond donors (Lipinski definition) is 1. The Morgan fingerprint density at radius 1 is 1.65 bits per heavy atom. The van der Waals surface area contributed by atoms with Crippen molar-refractivity contribution in [1.29, 1.82) is 0 Å². The smallest absolute Gasteiger partial charge is 0.271 e. The molecule has 1 rings (SSSR count). The lowest BCUT2D eigenvalue weighted by molar-refractivity contribution is 0.0952. The first-order chi connectivity index (χ1) is 7.86. The van der Waals surface area contributed by atoms with E-state index >= 15 is 0 Å². The summed E-state index contributed by atoms with van der Waals surface area (Å²) in [6, 6.07) is 0. The first-order valence-electron chi connectivity index (χ1n) is 4.48. The first-order valence-corrected chi connectivity index (χ1v) is 6.75. The lowest BCUT2D eigenvalue weighted by atomic mass is 10.4. The molecule has 0 bridgehead atoms. The van der Waals surface area contributed by atoms with Crippen LogP contribution in [0.15, 0.2) is 24.0 Å². The summed E-state index contributed by atoms with van der Waals surface area (Å²) in [6.07, 6.45) is 3.50. The van der Waals surface area contributed by atoms with E-state index in [1.165, 1.54) is 6.08 Å². The molecule has 0 fully saturated rings. The van der Waals surface area contributed by atoms with Gasteiger partial charge < -0.3 is 5.32 Å². The molecule has 8 heteroatoms. The average Bonchev–Trinajstić information content (AvgIpc) is 2.24. The third-order valence-corrected chi connectivity index (χ3v) is 2.81. The van der Waals surface area contributed by atoms with Crippen molar-refractivity contribution in [3.8, 4) is 0 Å². The zero-order valence-electron chi connectivity index (χ0n) is 8.97. The number of rotatable bonds is 4. The predicted molar refractivity (Wildman–Crippen MR) is 62.7 cm³/mol. The zero-order chi connectivity index (χ0) is 13.1. The molecule has 1 aromatic rings. The van der Waals surface area contributed by atoms with Crippen LogP contribution in [0.3, 0.4) is 0 Å². The maximum Gasteiger partial charge on any atom is 0.271 e. The number of halogens is 1. The number of nitrogens with zero attached hydrogens (tertiary/aromatic N) is 2. The molecule has 0 saturated carbocycles. The Labute approximate surface area is 104 Å². The van der Waals surface area contributed by atoms with E-state index in [-0.39, 0.29) is 17.3 Å². The number of carbonyl (C=O) groups is 1. The van der Waals surface area contributed by atoms with Crippen LogP contribution < -0.4 is 5.32 Å². The van der Waals surface area contributed by atoms with E-state index in [2.05, 4.69) is 21.9 Å². The minimum Gasteiger partial charge on any atom is -0.347 e. The van der Waals surface area contributed by atoms with Crippen LogP contribution in [0.25, 0.3) is 0 Å². The van der Waals surface area contributed by atoms with Crippen LogP contribution in [0.2, 0.25) is 5.02 Å². The molecule has 6 nitrogen and oxygen atoms in total. The summed E-state index contributed by atoms with van der Waals surface area (Å²) in [4.78, 5) is 18.7. The minimum absolute atomic E-state index is 0.0148. The molecule has 17 heavy (non-hydrogen) atoms. The highest BCUT2D eigenvalue weighted by atomic mass is 35.5. The van der Waals surface area contributed by atoms with Gasteiger partial charge in [-0.3, -0.25) is 4.79 Å². The van der Waals surface area contributed by atoms with Crippen molar-refractivity contribution < 1.29 is 13.2 Å². The Hall–Kier alpha value is -1.47. The van der Waals surface area contributed by atoms with E-state index in [0.717, 1.165) is 12.5 Å². The summed E-state index contributed by atoms with van der Waals surface area (Å²) in [6.45, 7) is 3.66. The summed E-state index contributed by atoms with van der Waals surface area (Å²) >= 11 is 5.71. The third-order valence-electron chi connectivity index (χ3n) is 1.68. The number of amides is 1. The number of hydrogen-bond acceptors (Lipinski definition) is 5. The van der Waals surface area contributed by atoms with Gasteiger partial charge in [0.05, 0.1) is 11.2 Å². The van der Waals surface area contributed by atoms with E-state index in [4.69, 9.17) is 11.6 Å². The number of nitrogens with one attached hydrogen (secondary N) is 1. The van der Waals surface area contributed by atoms with Gasteiger partial charge in [-0.1, -0.05) is 17.7 Å². The van der Waals surface area contributed by atoms with E-state index in [1.54, 1.807) is 0 Å². The lowest BCUT2D eigenvalue weighted by Crippen LogP contribution is -2.25. The highest BCUT2D eigenvalue weighted by Crippen LogP contribution is 2.14. The van der Waals surface area contributed by atoms with Gasteiger partial charge in [0.2, 0.25) is 15.0 Å². The van der Waals surface area contributed by atoms with Crippen molar-refractivity contribution in [3.63, 3.8) is 0 Å². The van der Waals surface area contributed by atoms with Gasteiger partial charge in [0.25, 0.3) is 5.91 Å². The van der Waals surface area contributed by atoms with E-state index < -0.39 is 20.9 Å². The molecular weight excluding hydrogens is 266 g/mol. The maximum atomic E-state index is 11.6. The fraction of sp³-hybridized carbons (Fsp3) is 0.222. The molecule has 0 spiro atoms. The molecule has 1 heterocycles.